The molecule has 1 aliphatic rings. The molecule has 0 aliphatic carbocycles. The molecule has 3 heterocycles. The summed E-state index contributed by atoms with van der Waals surface area (Å²) in [7, 11) is 0. The number of para-hydroxylation sites is 1. The molecule has 3 aromatic rings. The number of nitrogens with zero attached hydrogens (tertiary/aromatic N) is 2. The van der Waals surface area contributed by atoms with Crippen LogP contribution < -0.4 is 0 Å². The van der Waals surface area contributed by atoms with Crippen molar-refractivity contribution < 1.29 is 9.53 Å². The molecule has 1 amide bonds. The lowest BCUT2D eigenvalue weighted by Crippen LogP contribution is -2.42. The fraction of sp³-hybridized carbons (Fsp3) is 0.364. The van der Waals surface area contributed by atoms with Crippen molar-refractivity contribution in [2.45, 2.75) is 38.3 Å². The maximum Gasteiger partial charge on any atom is 0.252 e. The van der Waals surface area contributed by atoms with E-state index < -0.39 is 0 Å². The lowest BCUT2D eigenvalue weighted by atomic mass is 10.1. The fourth-order valence-corrected chi connectivity index (χ4v) is 3.71. The molecule has 5 heteroatoms. The predicted octanol–water partition coefficient (Wildman–Crippen LogP) is 3.70. The summed E-state index contributed by atoms with van der Waals surface area (Å²) in [6, 6.07) is 12.2. The number of ether oxygens (including phenoxy) is 1. The second kappa shape index (κ2) is 8.35. The summed E-state index contributed by atoms with van der Waals surface area (Å²) in [4.78, 5) is 22.5. The van der Waals surface area contributed by atoms with Crippen molar-refractivity contribution in [3.8, 4) is 0 Å². The average molecular weight is 363 g/mol. The van der Waals surface area contributed by atoms with Crippen LogP contribution in [0.2, 0.25) is 0 Å². The zero-order valence-electron chi connectivity index (χ0n) is 15.4. The number of carbonyl (C=O) groups is 1. The van der Waals surface area contributed by atoms with E-state index in [-0.39, 0.29) is 12.0 Å². The third-order valence-electron chi connectivity index (χ3n) is 5.19. The molecule has 1 N–H and O–H groups in total. The van der Waals surface area contributed by atoms with Gasteiger partial charge in [-0.1, -0.05) is 24.3 Å². The van der Waals surface area contributed by atoms with Gasteiger partial charge in [-0.3, -0.25) is 9.78 Å². The summed E-state index contributed by atoms with van der Waals surface area (Å²) in [6.45, 7) is 1.91. The topological polar surface area (TPSA) is 58.2 Å². The largest absolute Gasteiger partial charge is 0.368 e. The molecule has 0 saturated carbocycles. The van der Waals surface area contributed by atoms with Crippen molar-refractivity contribution >= 4 is 16.8 Å². The summed E-state index contributed by atoms with van der Waals surface area (Å²) in [5.41, 5.74) is 3.41. The van der Waals surface area contributed by atoms with Crippen LogP contribution in [0.4, 0.5) is 0 Å². The minimum absolute atomic E-state index is 0.0957. The van der Waals surface area contributed by atoms with Crippen molar-refractivity contribution in [3.05, 3.63) is 66.1 Å². The summed E-state index contributed by atoms with van der Waals surface area (Å²) in [5, 5.41) is 1.22. The van der Waals surface area contributed by atoms with Gasteiger partial charge < -0.3 is 14.6 Å². The van der Waals surface area contributed by atoms with Crippen LogP contribution >= 0.6 is 0 Å². The summed E-state index contributed by atoms with van der Waals surface area (Å²) >= 11 is 0. The van der Waals surface area contributed by atoms with Gasteiger partial charge in [-0.15, -0.1) is 0 Å². The van der Waals surface area contributed by atoms with Gasteiger partial charge in [-0.2, -0.15) is 0 Å². The van der Waals surface area contributed by atoms with Crippen LogP contribution in [0.1, 0.15) is 30.4 Å². The number of aromatic amines is 1. The summed E-state index contributed by atoms with van der Waals surface area (Å²) in [5.74, 6) is 0.0957. The first-order valence-corrected chi connectivity index (χ1v) is 9.65. The van der Waals surface area contributed by atoms with Gasteiger partial charge in [-0.05, 0) is 48.9 Å². The van der Waals surface area contributed by atoms with Crippen LogP contribution in [0, 0.1) is 0 Å². The number of nitrogens with one attached hydrogen (secondary N) is 1. The van der Waals surface area contributed by atoms with Crippen LogP contribution in [-0.2, 0) is 22.5 Å². The average Bonchev–Trinajstić information content (AvgIpc) is 3.15. The van der Waals surface area contributed by atoms with Crippen molar-refractivity contribution in [2.75, 3.05) is 13.2 Å². The third-order valence-corrected chi connectivity index (χ3v) is 5.19. The molecule has 1 aromatic carbocycles. The number of aromatic nitrogens is 2. The molecule has 1 atom stereocenters. The molecule has 0 spiro atoms. The second-order valence-electron chi connectivity index (χ2n) is 7.09. The number of hydrogen-bond donors (Lipinski definition) is 1. The number of carbonyl (C=O) groups excluding carboxylic acids is 1. The molecule has 1 unspecified atom stereocenters. The van der Waals surface area contributed by atoms with E-state index in [1.54, 1.807) is 6.20 Å². The number of benzene rings is 1. The van der Waals surface area contributed by atoms with Gasteiger partial charge in [-0.25, -0.2) is 0 Å². The summed E-state index contributed by atoms with van der Waals surface area (Å²) in [6.07, 6.45) is 9.05. The van der Waals surface area contributed by atoms with Crippen LogP contribution in [0.25, 0.3) is 10.9 Å². The summed E-state index contributed by atoms with van der Waals surface area (Å²) < 4.78 is 5.75. The van der Waals surface area contributed by atoms with Gasteiger partial charge in [0, 0.05) is 49.2 Å². The first-order chi connectivity index (χ1) is 13.3. The molecular weight excluding hydrogens is 338 g/mol. The third kappa shape index (κ3) is 4.19. The Balaban J connectivity index is 1.50. The molecular formula is C22H25N3O2. The number of rotatable bonds is 6. The molecule has 5 nitrogen and oxygen atoms in total. The van der Waals surface area contributed by atoms with Crippen LogP contribution in [0.3, 0.4) is 0 Å². The first-order valence-electron chi connectivity index (χ1n) is 9.65. The highest BCUT2D eigenvalue weighted by atomic mass is 16.5. The van der Waals surface area contributed by atoms with Gasteiger partial charge >= 0.3 is 0 Å². The predicted molar refractivity (Wildman–Crippen MR) is 105 cm³/mol. The Kier molecular flexibility index (Phi) is 5.49. The highest BCUT2D eigenvalue weighted by Gasteiger charge is 2.27. The molecule has 0 bridgehead atoms. The van der Waals surface area contributed by atoms with Gasteiger partial charge in [0.2, 0.25) is 0 Å². The van der Waals surface area contributed by atoms with E-state index in [0.717, 1.165) is 36.8 Å². The van der Waals surface area contributed by atoms with Crippen molar-refractivity contribution in [3.63, 3.8) is 0 Å². The monoisotopic (exact) mass is 363 g/mol. The Morgan fingerprint density at radius 1 is 1.22 bits per heavy atom. The van der Waals surface area contributed by atoms with Crippen molar-refractivity contribution in [1.82, 2.24) is 14.9 Å². The van der Waals surface area contributed by atoms with E-state index in [1.165, 1.54) is 10.9 Å². The highest BCUT2D eigenvalue weighted by Crippen LogP contribution is 2.20. The normalized spacial score (nSPS) is 17.1. The van der Waals surface area contributed by atoms with Crippen molar-refractivity contribution in [1.29, 1.82) is 0 Å². The smallest absolute Gasteiger partial charge is 0.252 e. The molecule has 1 saturated heterocycles. The Bertz CT molecular complexity index is 885. The van der Waals surface area contributed by atoms with Crippen LogP contribution in [0.15, 0.2) is 55.0 Å². The number of pyridine rings is 1. The first kappa shape index (κ1) is 17.7. The Labute approximate surface area is 159 Å². The van der Waals surface area contributed by atoms with Gasteiger partial charge in [0.1, 0.15) is 6.10 Å². The van der Waals surface area contributed by atoms with E-state index in [1.807, 2.05) is 35.4 Å². The van der Waals surface area contributed by atoms with Crippen LogP contribution in [-0.4, -0.2) is 40.0 Å². The maximum atomic E-state index is 13.1. The van der Waals surface area contributed by atoms with Gasteiger partial charge in [0.05, 0.1) is 0 Å². The minimum atomic E-state index is -0.307. The molecule has 1 fully saturated rings. The Morgan fingerprint density at radius 2 is 2.15 bits per heavy atom. The maximum absolute atomic E-state index is 13.1. The Hall–Kier alpha value is -2.66. The van der Waals surface area contributed by atoms with E-state index >= 15 is 0 Å². The van der Waals surface area contributed by atoms with E-state index in [9.17, 15) is 4.79 Å². The molecule has 1 aliphatic heterocycles. The lowest BCUT2D eigenvalue weighted by Gasteiger charge is -2.29. The van der Waals surface area contributed by atoms with Gasteiger partial charge in [0.25, 0.3) is 5.91 Å². The standard InChI is InChI=1S/C22H25N3O2/c26-22(21-9-3-4-13-27-21)25(16-17-6-5-11-23-14-17)12-10-18-15-24-20-8-2-1-7-19(18)20/h1-2,5-8,11,14-15,21,24H,3-4,9-10,12-13,16H2. The van der Waals surface area contributed by atoms with E-state index in [2.05, 4.69) is 28.3 Å². The van der Waals surface area contributed by atoms with Crippen LogP contribution in [0.5, 0.6) is 0 Å². The zero-order valence-corrected chi connectivity index (χ0v) is 15.4. The second-order valence-corrected chi connectivity index (χ2v) is 7.09. The lowest BCUT2D eigenvalue weighted by molar-refractivity contribution is -0.147. The number of fused-ring (bicyclic) bond motifs is 1. The Morgan fingerprint density at radius 3 is 2.96 bits per heavy atom. The molecule has 2 aromatic heterocycles. The fourth-order valence-electron chi connectivity index (χ4n) is 3.71. The molecule has 140 valence electrons. The van der Waals surface area contributed by atoms with Crippen molar-refractivity contribution in [2.24, 2.45) is 0 Å². The molecule has 4 rings (SSSR count). The molecule has 0 radical (unpaired) electrons. The number of amides is 1. The van der Waals surface area contributed by atoms with E-state index in [0.29, 0.717) is 19.7 Å². The SMILES string of the molecule is O=C(C1CCCCO1)N(CCc1c[nH]c2ccccc12)Cc1cccnc1. The number of H-pyrrole nitrogens is 1. The van der Waals surface area contributed by atoms with E-state index in [4.69, 9.17) is 4.74 Å². The van der Waals surface area contributed by atoms with Gasteiger partial charge in [0.15, 0.2) is 0 Å². The quantitative estimate of drug-likeness (QED) is 0.726. The molecule has 27 heavy (non-hydrogen) atoms. The minimum Gasteiger partial charge on any atom is -0.368 e. The number of hydrogen-bond acceptors (Lipinski definition) is 3. The highest BCUT2D eigenvalue weighted by molar-refractivity contribution is 5.83. The zero-order chi connectivity index (χ0) is 18.5.